The van der Waals surface area contributed by atoms with Crippen molar-refractivity contribution in [1.82, 2.24) is 10.2 Å². The zero-order chi connectivity index (χ0) is 16.7. The van der Waals surface area contributed by atoms with E-state index in [1.54, 1.807) is 0 Å². The number of likely N-dealkylation sites (tertiary alicyclic amines) is 1. The standard InChI is InChI=1S/C18H25N3O2/c1-3-7-14(2)17(22)19-13-15-8-6-9-16(12-15)20-18(23)21-10-4-5-11-21/h6-9,12H,3-5,10-11,13H2,1-2H3,(H,19,22)(H,20,23)/b14-7+. The van der Waals surface area contributed by atoms with Crippen molar-refractivity contribution < 1.29 is 9.59 Å². The van der Waals surface area contributed by atoms with E-state index in [9.17, 15) is 9.59 Å². The normalized spacial score (nSPS) is 14.7. The van der Waals surface area contributed by atoms with Gasteiger partial charge in [0.05, 0.1) is 0 Å². The van der Waals surface area contributed by atoms with Crippen molar-refractivity contribution in [3.05, 3.63) is 41.5 Å². The van der Waals surface area contributed by atoms with Gasteiger partial charge in [0.2, 0.25) is 5.91 Å². The summed E-state index contributed by atoms with van der Waals surface area (Å²) >= 11 is 0. The first-order valence-corrected chi connectivity index (χ1v) is 8.20. The number of rotatable bonds is 5. The van der Waals surface area contributed by atoms with Crippen LogP contribution in [-0.2, 0) is 11.3 Å². The molecule has 0 aromatic heterocycles. The summed E-state index contributed by atoms with van der Waals surface area (Å²) in [5.41, 5.74) is 2.45. The number of urea groups is 1. The van der Waals surface area contributed by atoms with Crippen molar-refractivity contribution in [2.24, 2.45) is 0 Å². The highest BCUT2D eigenvalue weighted by Gasteiger charge is 2.17. The summed E-state index contributed by atoms with van der Waals surface area (Å²) < 4.78 is 0. The fourth-order valence-electron chi connectivity index (χ4n) is 2.60. The number of anilines is 1. The first kappa shape index (κ1) is 17.1. The third kappa shape index (κ3) is 5.13. The zero-order valence-electron chi connectivity index (χ0n) is 13.9. The molecule has 1 aromatic rings. The maximum Gasteiger partial charge on any atom is 0.321 e. The molecule has 1 saturated heterocycles. The molecule has 2 rings (SSSR count). The average molecular weight is 315 g/mol. The van der Waals surface area contributed by atoms with Gasteiger partial charge in [-0.05, 0) is 43.9 Å². The van der Waals surface area contributed by atoms with Crippen LogP contribution in [0.2, 0.25) is 0 Å². The van der Waals surface area contributed by atoms with E-state index >= 15 is 0 Å². The SMILES string of the molecule is CC/C=C(\C)C(=O)NCc1cccc(NC(=O)N2CCCC2)c1. The topological polar surface area (TPSA) is 61.4 Å². The second kappa shape index (κ2) is 8.36. The number of carbonyl (C=O) groups is 2. The number of amides is 3. The quantitative estimate of drug-likeness (QED) is 0.819. The summed E-state index contributed by atoms with van der Waals surface area (Å²) in [6.07, 6.45) is 4.90. The molecule has 124 valence electrons. The summed E-state index contributed by atoms with van der Waals surface area (Å²) in [4.78, 5) is 25.8. The highest BCUT2D eigenvalue weighted by atomic mass is 16.2. The smallest absolute Gasteiger partial charge is 0.321 e. The lowest BCUT2D eigenvalue weighted by atomic mass is 10.2. The fraction of sp³-hybridized carbons (Fsp3) is 0.444. The molecule has 1 fully saturated rings. The summed E-state index contributed by atoms with van der Waals surface area (Å²) in [5.74, 6) is -0.0571. The van der Waals surface area contributed by atoms with Gasteiger partial charge in [-0.3, -0.25) is 4.79 Å². The molecule has 5 nitrogen and oxygen atoms in total. The minimum absolute atomic E-state index is 0.0505. The minimum atomic E-state index is -0.0571. The lowest BCUT2D eigenvalue weighted by Crippen LogP contribution is -2.32. The average Bonchev–Trinajstić information content (AvgIpc) is 3.08. The Hall–Kier alpha value is -2.30. The highest BCUT2D eigenvalue weighted by molar-refractivity contribution is 5.92. The summed E-state index contributed by atoms with van der Waals surface area (Å²) in [6.45, 7) is 5.91. The van der Waals surface area contributed by atoms with Crippen LogP contribution in [0.4, 0.5) is 10.5 Å². The maximum atomic E-state index is 12.1. The molecule has 0 aliphatic carbocycles. The van der Waals surface area contributed by atoms with Gasteiger partial charge in [0, 0.05) is 30.9 Å². The van der Waals surface area contributed by atoms with Gasteiger partial charge in [0.15, 0.2) is 0 Å². The van der Waals surface area contributed by atoms with Crippen molar-refractivity contribution in [2.75, 3.05) is 18.4 Å². The van der Waals surface area contributed by atoms with Crippen molar-refractivity contribution >= 4 is 17.6 Å². The molecule has 5 heteroatoms. The molecular formula is C18H25N3O2. The number of carbonyl (C=O) groups excluding carboxylic acids is 2. The van der Waals surface area contributed by atoms with Crippen molar-refractivity contribution in [3.8, 4) is 0 Å². The van der Waals surface area contributed by atoms with Crippen LogP contribution >= 0.6 is 0 Å². The van der Waals surface area contributed by atoms with E-state index < -0.39 is 0 Å². The van der Waals surface area contributed by atoms with Gasteiger partial charge < -0.3 is 15.5 Å². The van der Waals surface area contributed by atoms with Gasteiger partial charge in [-0.1, -0.05) is 25.1 Å². The van der Waals surface area contributed by atoms with Crippen LogP contribution in [0.15, 0.2) is 35.9 Å². The molecule has 1 aliphatic heterocycles. The third-order valence-corrected chi connectivity index (χ3v) is 3.89. The Morgan fingerprint density at radius 1 is 1.26 bits per heavy atom. The van der Waals surface area contributed by atoms with Gasteiger partial charge in [0.1, 0.15) is 0 Å². The Morgan fingerprint density at radius 3 is 2.70 bits per heavy atom. The number of nitrogens with zero attached hydrogens (tertiary/aromatic N) is 1. The molecule has 0 bridgehead atoms. The molecule has 0 spiro atoms. The number of hydrogen-bond donors (Lipinski definition) is 2. The lowest BCUT2D eigenvalue weighted by molar-refractivity contribution is -0.117. The summed E-state index contributed by atoms with van der Waals surface area (Å²) in [6, 6.07) is 7.53. The Balaban J connectivity index is 1.90. The van der Waals surface area contributed by atoms with Crippen molar-refractivity contribution in [3.63, 3.8) is 0 Å². The molecule has 2 N–H and O–H groups in total. The van der Waals surface area contributed by atoms with Crippen LogP contribution in [0.3, 0.4) is 0 Å². The van der Waals surface area contributed by atoms with Crippen LogP contribution in [0.1, 0.15) is 38.7 Å². The van der Waals surface area contributed by atoms with Gasteiger partial charge in [0.25, 0.3) is 0 Å². The van der Waals surface area contributed by atoms with Crippen molar-refractivity contribution in [2.45, 2.75) is 39.7 Å². The Labute approximate surface area is 137 Å². The molecule has 1 aliphatic rings. The minimum Gasteiger partial charge on any atom is -0.348 e. The van der Waals surface area contributed by atoms with Crippen LogP contribution in [0, 0.1) is 0 Å². The number of allylic oxidation sites excluding steroid dienone is 1. The van der Waals surface area contributed by atoms with E-state index in [1.165, 1.54) is 0 Å². The molecule has 0 unspecified atom stereocenters. The second-order valence-electron chi connectivity index (χ2n) is 5.80. The zero-order valence-corrected chi connectivity index (χ0v) is 13.9. The molecule has 1 aromatic carbocycles. The molecule has 1 heterocycles. The molecule has 3 amide bonds. The fourth-order valence-corrected chi connectivity index (χ4v) is 2.60. The summed E-state index contributed by atoms with van der Waals surface area (Å²) in [7, 11) is 0. The van der Waals surface area contributed by atoms with Crippen LogP contribution in [-0.4, -0.2) is 29.9 Å². The number of nitrogens with one attached hydrogen (secondary N) is 2. The van der Waals surface area contributed by atoms with Gasteiger partial charge in [-0.2, -0.15) is 0 Å². The first-order valence-electron chi connectivity index (χ1n) is 8.20. The van der Waals surface area contributed by atoms with Crippen LogP contribution in [0.25, 0.3) is 0 Å². The van der Waals surface area contributed by atoms with E-state index in [1.807, 2.05) is 49.1 Å². The molecule has 0 atom stereocenters. The lowest BCUT2D eigenvalue weighted by Gasteiger charge is -2.16. The Kier molecular flexibility index (Phi) is 6.20. The van der Waals surface area contributed by atoms with Gasteiger partial charge in [-0.25, -0.2) is 4.79 Å². The monoisotopic (exact) mass is 315 g/mol. The third-order valence-electron chi connectivity index (χ3n) is 3.89. The highest BCUT2D eigenvalue weighted by Crippen LogP contribution is 2.14. The molecule has 23 heavy (non-hydrogen) atoms. The van der Waals surface area contributed by atoms with Crippen LogP contribution < -0.4 is 10.6 Å². The molecular weight excluding hydrogens is 290 g/mol. The predicted octanol–water partition coefficient (Wildman–Crippen LogP) is 3.29. The number of benzene rings is 1. The first-order chi connectivity index (χ1) is 11.1. The summed E-state index contributed by atoms with van der Waals surface area (Å²) in [5, 5.41) is 5.81. The van der Waals surface area contributed by atoms with E-state index in [0.29, 0.717) is 6.54 Å². The Morgan fingerprint density at radius 2 is 2.00 bits per heavy atom. The predicted molar refractivity (Wildman–Crippen MR) is 92.2 cm³/mol. The van der Waals surface area contributed by atoms with E-state index in [0.717, 1.165) is 49.2 Å². The molecule has 0 saturated carbocycles. The maximum absolute atomic E-state index is 12.1. The largest absolute Gasteiger partial charge is 0.348 e. The molecule has 0 radical (unpaired) electrons. The van der Waals surface area contributed by atoms with E-state index in [-0.39, 0.29) is 11.9 Å². The van der Waals surface area contributed by atoms with E-state index in [2.05, 4.69) is 10.6 Å². The number of hydrogen-bond acceptors (Lipinski definition) is 2. The second-order valence-corrected chi connectivity index (χ2v) is 5.80. The van der Waals surface area contributed by atoms with Gasteiger partial charge in [-0.15, -0.1) is 0 Å². The Bertz CT molecular complexity index is 590. The van der Waals surface area contributed by atoms with Gasteiger partial charge >= 0.3 is 6.03 Å². The van der Waals surface area contributed by atoms with Crippen molar-refractivity contribution in [1.29, 1.82) is 0 Å². The van der Waals surface area contributed by atoms with Crippen LogP contribution in [0.5, 0.6) is 0 Å². The van der Waals surface area contributed by atoms with E-state index in [4.69, 9.17) is 0 Å².